The second-order valence-corrected chi connectivity index (χ2v) is 7.42. The second-order valence-electron chi connectivity index (χ2n) is 7.42. The van der Waals surface area contributed by atoms with Crippen LogP contribution in [0.3, 0.4) is 0 Å². The minimum atomic E-state index is -0.695. The Bertz CT molecular complexity index is 722. The summed E-state index contributed by atoms with van der Waals surface area (Å²) in [5, 5.41) is 9.91. The zero-order chi connectivity index (χ0) is 17.9. The summed E-state index contributed by atoms with van der Waals surface area (Å²) >= 11 is 0. The molecule has 0 radical (unpaired) electrons. The van der Waals surface area contributed by atoms with Gasteiger partial charge in [-0.2, -0.15) is 0 Å². The molecule has 3 rings (SSSR count). The highest BCUT2D eigenvalue weighted by Crippen LogP contribution is 2.32. The van der Waals surface area contributed by atoms with Gasteiger partial charge in [0.15, 0.2) is 0 Å². The average molecular weight is 338 g/mol. The van der Waals surface area contributed by atoms with E-state index >= 15 is 0 Å². The van der Waals surface area contributed by atoms with Crippen molar-refractivity contribution in [3.8, 4) is 0 Å². The average Bonchev–Trinajstić information content (AvgIpc) is 3.09. The Morgan fingerprint density at radius 1 is 1.28 bits per heavy atom. The molecule has 2 aromatic rings. The highest BCUT2D eigenvalue weighted by molar-refractivity contribution is 5.94. The van der Waals surface area contributed by atoms with Gasteiger partial charge < -0.3 is 10.0 Å². The SMILES string of the molecule is CC(C)(O)CCc1cccc(C(=O)N2CCC[C@@H]2c2ccccn2)c1. The normalized spacial score (nSPS) is 17.7. The van der Waals surface area contributed by atoms with Crippen LogP contribution < -0.4 is 0 Å². The maximum Gasteiger partial charge on any atom is 0.254 e. The van der Waals surface area contributed by atoms with Gasteiger partial charge in [-0.15, -0.1) is 0 Å². The van der Waals surface area contributed by atoms with Crippen LogP contribution in [0.15, 0.2) is 48.7 Å². The standard InChI is InChI=1S/C21H26N2O2/c1-21(2,25)12-11-16-7-5-8-17(15-16)20(24)23-14-6-10-19(23)18-9-3-4-13-22-18/h3-5,7-9,13,15,19,25H,6,10-12,14H2,1-2H3/t19-/m1/s1. The van der Waals surface area contributed by atoms with Gasteiger partial charge in [0.2, 0.25) is 0 Å². The molecule has 2 heterocycles. The van der Waals surface area contributed by atoms with Gasteiger partial charge in [0.1, 0.15) is 0 Å². The summed E-state index contributed by atoms with van der Waals surface area (Å²) in [4.78, 5) is 19.4. The molecule has 1 saturated heterocycles. The molecular weight excluding hydrogens is 312 g/mol. The lowest BCUT2D eigenvalue weighted by atomic mass is 9.97. The quantitative estimate of drug-likeness (QED) is 0.903. The van der Waals surface area contributed by atoms with Gasteiger partial charge in [0.05, 0.1) is 17.3 Å². The zero-order valence-corrected chi connectivity index (χ0v) is 15.0. The zero-order valence-electron chi connectivity index (χ0n) is 15.0. The lowest BCUT2D eigenvalue weighted by Gasteiger charge is -2.24. The van der Waals surface area contributed by atoms with Gasteiger partial charge >= 0.3 is 0 Å². The van der Waals surface area contributed by atoms with E-state index in [1.165, 1.54) is 0 Å². The Kier molecular flexibility index (Phi) is 5.19. The van der Waals surface area contributed by atoms with Crippen LogP contribution in [0, 0.1) is 0 Å². The third-order valence-corrected chi connectivity index (χ3v) is 4.74. The summed E-state index contributed by atoms with van der Waals surface area (Å²) in [6.45, 7) is 4.39. The van der Waals surface area contributed by atoms with Crippen LogP contribution in [-0.2, 0) is 6.42 Å². The number of hydrogen-bond acceptors (Lipinski definition) is 3. The number of likely N-dealkylation sites (tertiary alicyclic amines) is 1. The molecule has 4 heteroatoms. The number of aromatic nitrogens is 1. The van der Waals surface area contributed by atoms with E-state index < -0.39 is 5.60 Å². The van der Waals surface area contributed by atoms with Crippen molar-refractivity contribution in [3.63, 3.8) is 0 Å². The van der Waals surface area contributed by atoms with Gasteiger partial charge in [-0.3, -0.25) is 9.78 Å². The van der Waals surface area contributed by atoms with E-state index in [0.717, 1.165) is 42.6 Å². The van der Waals surface area contributed by atoms with Crippen LogP contribution in [0.2, 0.25) is 0 Å². The molecule has 1 atom stereocenters. The Morgan fingerprint density at radius 2 is 2.12 bits per heavy atom. The predicted molar refractivity (Wildman–Crippen MR) is 98.3 cm³/mol. The molecule has 25 heavy (non-hydrogen) atoms. The fourth-order valence-electron chi connectivity index (χ4n) is 3.37. The molecule has 1 N–H and O–H groups in total. The minimum absolute atomic E-state index is 0.0636. The summed E-state index contributed by atoms with van der Waals surface area (Å²) < 4.78 is 0. The van der Waals surface area contributed by atoms with Crippen molar-refractivity contribution < 1.29 is 9.90 Å². The van der Waals surface area contributed by atoms with Crippen molar-refractivity contribution in [2.24, 2.45) is 0 Å². The van der Waals surface area contributed by atoms with Crippen molar-refractivity contribution >= 4 is 5.91 Å². The molecule has 1 fully saturated rings. The highest BCUT2D eigenvalue weighted by atomic mass is 16.3. The summed E-state index contributed by atoms with van der Waals surface area (Å²) in [5.41, 5.74) is 2.07. The molecule has 0 bridgehead atoms. The van der Waals surface area contributed by atoms with Gasteiger partial charge in [0.25, 0.3) is 5.91 Å². The molecular formula is C21H26N2O2. The number of rotatable bonds is 5. The van der Waals surface area contributed by atoms with Crippen LogP contribution in [0.5, 0.6) is 0 Å². The molecule has 0 saturated carbocycles. The first-order chi connectivity index (χ1) is 11.9. The lowest BCUT2D eigenvalue weighted by Crippen LogP contribution is -2.31. The molecule has 0 spiro atoms. The van der Waals surface area contributed by atoms with Crippen molar-refractivity contribution in [2.45, 2.75) is 51.2 Å². The summed E-state index contributed by atoms with van der Waals surface area (Å²) in [6, 6.07) is 13.7. The van der Waals surface area contributed by atoms with Crippen molar-refractivity contribution in [3.05, 3.63) is 65.5 Å². The van der Waals surface area contributed by atoms with E-state index in [4.69, 9.17) is 0 Å². The number of carbonyl (C=O) groups is 1. The first-order valence-electron chi connectivity index (χ1n) is 8.97. The number of aryl methyl sites for hydroxylation is 1. The van der Waals surface area contributed by atoms with Crippen LogP contribution >= 0.6 is 0 Å². The number of amides is 1. The molecule has 1 aromatic heterocycles. The highest BCUT2D eigenvalue weighted by Gasteiger charge is 2.31. The summed E-state index contributed by atoms with van der Waals surface area (Å²) in [6.07, 6.45) is 5.18. The molecule has 132 valence electrons. The molecule has 0 aliphatic carbocycles. The van der Waals surface area contributed by atoms with Crippen LogP contribution in [0.25, 0.3) is 0 Å². The smallest absolute Gasteiger partial charge is 0.254 e. The van der Waals surface area contributed by atoms with Crippen LogP contribution in [-0.4, -0.2) is 33.0 Å². The van der Waals surface area contributed by atoms with Crippen LogP contribution in [0.1, 0.15) is 60.8 Å². The Balaban J connectivity index is 1.76. The molecule has 1 aromatic carbocycles. The largest absolute Gasteiger partial charge is 0.390 e. The third kappa shape index (κ3) is 4.45. The van der Waals surface area contributed by atoms with Crippen molar-refractivity contribution in [1.29, 1.82) is 0 Å². The molecule has 4 nitrogen and oxygen atoms in total. The van der Waals surface area contributed by atoms with E-state index in [0.29, 0.717) is 6.42 Å². The summed E-state index contributed by atoms with van der Waals surface area (Å²) in [7, 11) is 0. The maximum absolute atomic E-state index is 13.0. The lowest BCUT2D eigenvalue weighted by molar-refractivity contribution is 0.0714. The number of benzene rings is 1. The van der Waals surface area contributed by atoms with Gasteiger partial charge in [-0.05, 0) is 69.4 Å². The van der Waals surface area contributed by atoms with Crippen molar-refractivity contribution in [1.82, 2.24) is 9.88 Å². The molecule has 1 aliphatic heterocycles. The van der Waals surface area contributed by atoms with Crippen molar-refractivity contribution in [2.75, 3.05) is 6.54 Å². The Morgan fingerprint density at radius 3 is 2.84 bits per heavy atom. The second kappa shape index (κ2) is 7.36. The number of pyridine rings is 1. The Hall–Kier alpha value is -2.20. The maximum atomic E-state index is 13.0. The van der Waals surface area contributed by atoms with E-state index in [9.17, 15) is 9.90 Å². The van der Waals surface area contributed by atoms with E-state index in [1.54, 1.807) is 6.20 Å². The number of carbonyl (C=O) groups excluding carboxylic acids is 1. The summed E-state index contributed by atoms with van der Waals surface area (Å²) in [5.74, 6) is 0.0678. The predicted octanol–water partition coefficient (Wildman–Crippen LogP) is 3.76. The fraction of sp³-hybridized carbons (Fsp3) is 0.429. The van der Waals surface area contributed by atoms with E-state index in [2.05, 4.69) is 4.98 Å². The molecule has 0 unspecified atom stereocenters. The number of nitrogens with zero attached hydrogens (tertiary/aromatic N) is 2. The number of hydrogen-bond donors (Lipinski definition) is 1. The van der Waals surface area contributed by atoms with E-state index in [1.807, 2.05) is 61.2 Å². The van der Waals surface area contributed by atoms with Crippen LogP contribution in [0.4, 0.5) is 0 Å². The first-order valence-corrected chi connectivity index (χ1v) is 8.97. The van der Waals surface area contributed by atoms with Gasteiger partial charge in [-0.25, -0.2) is 0 Å². The topological polar surface area (TPSA) is 53.4 Å². The molecule has 1 amide bonds. The third-order valence-electron chi connectivity index (χ3n) is 4.74. The first kappa shape index (κ1) is 17.6. The minimum Gasteiger partial charge on any atom is -0.390 e. The Labute approximate surface area is 149 Å². The van der Waals surface area contributed by atoms with Gasteiger partial charge in [-0.1, -0.05) is 18.2 Å². The van der Waals surface area contributed by atoms with E-state index in [-0.39, 0.29) is 11.9 Å². The van der Waals surface area contributed by atoms with Gasteiger partial charge in [0, 0.05) is 18.3 Å². The molecule has 1 aliphatic rings. The monoisotopic (exact) mass is 338 g/mol. The fourth-order valence-corrected chi connectivity index (χ4v) is 3.37. The number of aliphatic hydroxyl groups is 1.